The molecular weight excluding hydrogens is 286 g/mol. The summed E-state index contributed by atoms with van der Waals surface area (Å²) in [6.45, 7) is 6.41. The average molecular weight is 312 g/mol. The van der Waals surface area contributed by atoms with Crippen LogP contribution in [0.1, 0.15) is 42.0 Å². The van der Waals surface area contributed by atoms with E-state index in [2.05, 4.69) is 43.1 Å². The van der Waals surface area contributed by atoms with Crippen LogP contribution < -0.4 is 5.32 Å². The predicted molar refractivity (Wildman–Crippen MR) is 88.8 cm³/mol. The van der Waals surface area contributed by atoms with Crippen LogP contribution in [0.15, 0.2) is 12.1 Å². The van der Waals surface area contributed by atoms with Gasteiger partial charge in [-0.15, -0.1) is 11.3 Å². The first-order chi connectivity index (χ1) is 9.72. The molecule has 2 nitrogen and oxygen atoms in total. The maximum atomic E-state index is 6.18. The second kappa shape index (κ2) is 6.39. The normalized spacial score (nSPS) is 31.8. The summed E-state index contributed by atoms with van der Waals surface area (Å²) in [6.07, 6.45) is 3.67. The van der Waals surface area contributed by atoms with E-state index in [1.165, 1.54) is 40.5 Å². The molecule has 3 heterocycles. The van der Waals surface area contributed by atoms with Gasteiger partial charge in [-0.05, 0) is 56.5 Å². The highest BCUT2D eigenvalue weighted by Crippen LogP contribution is 2.44. The summed E-state index contributed by atoms with van der Waals surface area (Å²) in [7, 11) is 0. The highest BCUT2D eigenvalue weighted by atomic mass is 32.2. The first-order valence-corrected chi connectivity index (χ1v) is 9.71. The van der Waals surface area contributed by atoms with Crippen molar-refractivity contribution in [3.8, 4) is 0 Å². The van der Waals surface area contributed by atoms with Gasteiger partial charge in [0, 0.05) is 28.2 Å². The van der Waals surface area contributed by atoms with Crippen molar-refractivity contribution in [2.45, 2.75) is 44.8 Å². The third-order valence-electron chi connectivity index (χ3n) is 4.56. The minimum Gasteiger partial charge on any atom is -0.374 e. The maximum Gasteiger partial charge on any atom is 0.0783 e. The molecule has 0 amide bonds. The number of thiophene rings is 1. The van der Waals surface area contributed by atoms with E-state index < -0.39 is 0 Å². The molecular formula is C16H25NOS2. The molecule has 0 radical (unpaired) electrons. The SMILES string of the molecule is CCNC(c1ccc(C)s1)C1CCOC2(CCSC2)C1. The van der Waals surface area contributed by atoms with Crippen LogP contribution in [-0.2, 0) is 4.74 Å². The van der Waals surface area contributed by atoms with Crippen molar-refractivity contribution in [2.75, 3.05) is 24.7 Å². The van der Waals surface area contributed by atoms with Crippen LogP contribution in [0.4, 0.5) is 0 Å². The molecule has 20 heavy (non-hydrogen) atoms. The van der Waals surface area contributed by atoms with Crippen LogP contribution in [0, 0.1) is 12.8 Å². The molecule has 0 aromatic carbocycles. The Morgan fingerprint density at radius 1 is 1.50 bits per heavy atom. The molecule has 2 aliphatic rings. The van der Waals surface area contributed by atoms with Crippen LogP contribution in [-0.4, -0.2) is 30.3 Å². The molecule has 0 bridgehead atoms. The molecule has 3 rings (SSSR count). The molecule has 2 aliphatic heterocycles. The summed E-state index contributed by atoms with van der Waals surface area (Å²) in [6, 6.07) is 5.09. The summed E-state index contributed by atoms with van der Waals surface area (Å²) in [5, 5.41) is 3.74. The summed E-state index contributed by atoms with van der Waals surface area (Å²) in [5.41, 5.74) is 0.188. The fraction of sp³-hybridized carbons (Fsp3) is 0.750. The molecule has 4 heteroatoms. The quantitative estimate of drug-likeness (QED) is 0.908. The molecule has 112 valence electrons. The van der Waals surface area contributed by atoms with Crippen molar-refractivity contribution >= 4 is 23.1 Å². The Hall–Kier alpha value is -0.0300. The Labute approximate surface area is 130 Å². The van der Waals surface area contributed by atoms with Gasteiger partial charge in [0.15, 0.2) is 0 Å². The van der Waals surface area contributed by atoms with Crippen molar-refractivity contribution in [3.63, 3.8) is 0 Å². The van der Waals surface area contributed by atoms with Gasteiger partial charge >= 0.3 is 0 Å². The summed E-state index contributed by atoms with van der Waals surface area (Å²) in [4.78, 5) is 2.93. The van der Waals surface area contributed by atoms with Crippen LogP contribution >= 0.6 is 23.1 Å². The molecule has 2 fully saturated rings. The molecule has 3 unspecified atom stereocenters. The molecule has 2 saturated heterocycles. The number of hydrogen-bond acceptors (Lipinski definition) is 4. The maximum absolute atomic E-state index is 6.18. The van der Waals surface area contributed by atoms with Gasteiger partial charge in [0.2, 0.25) is 0 Å². The zero-order chi connectivity index (χ0) is 14.0. The van der Waals surface area contributed by atoms with E-state index in [1.54, 1.807) is 0 Å². The zero-order valence-electron chi connectivity index (χ0n) is 12.5. The Morgan fingerprint density at radius 2 is 2.40 bits per heavy atom. The number of thioether (sulfide) groups is 1. The highest BCUT2D eigenvalue weighted by Gasteiger charge is 2.42. The summed E-state index contributed by atoms with van der Waals surface area (Å²) >= 11 is 4.02. The van der Waals surface area contributed by atoms with Gasteiger partial charge < -0.3 is 10.1 Å². The average Bonchev–Trinajstić information content (AvgIpc) is 3.06. The Balaban J connectivity index is 1.76. The van der Waals surface area contributed by atoms with Gasteiger partial charge in [-0.3, -0.25) is 0 Å². The van der Waals surface area contributed by atoms with Crippen LogP contribution in [0.25, 0.3) is 0 Å². The van der Waals surface area contributed by atoms with E-state index in [-0.39, 0.29) is 5.60 Å². The summed E-state index contributed by atoms with van der Waals surface area (Å²) in [5.74, 6) is 3.20. The molecule has 0 aliphatic carbocycles. The third kappa shape index (κ3) is 3.08. The standard InChI is InChI=1S/C16H25NOS2/c1-3-17-15(14-5-4-12(2)20-14)13-6-8-18-16(10-13)7-9-19-11-16/h4-5,13,15,17H,3,6-11H2,1-2H3. The Kier molecular flexibility index (Phi) is 4.75. The fourth-order valence-electron chi connectivity index (χ4n) is 3.55. The van der Waals surface area contributed by atoms with E-state index in [0.717, 1.165) is 19.1 Å². The lowest BCUT2D eigenvalue weighted by Gasteiger charge is -2.41. The van der Waals surface area contributed by atoms with Gasteiger partial charge in [0.1, 0.15) is 0 Å². The first-order valence-electron chi connectivity index (χ1n) is 7.74. The monoisotopic (exact) mass is 311 g/mol. The molecule has 1 aromatic rings. The van der Waals surface area contributed by atoms with E-state index in [0.29, 0.717) is 6.04 Å². The zero-order valence-corrected chi connectivity index (χ0v) is 14.1. The van der Waals surface area contributed by atoms with Crippen LogP contribution in [0.3, 0.4) is 0 Å². The van der Waals surface area contributed by atoms with Crippen molar-refractivity contribution in [1.29, 1.82) is 0 Å². The number of hydrogen-bond donors (Lipinski definition) is 1. The predicted octanol–water partition coefficient (Wildman–Crippen LogP) is 4.01. The Morgan fingerprint density at radius 3 is 3.05 bits per heavy atom. The number of rotatable bonds is 4. The molecule has 1 spiro atoms. The van der Waals surface area contributed by atoms with Crippen molar-refractivity contribution in [1.82, 2.24) is 5.32 Å². The minimum atomic E-state index is 0.188. The number of aryl methyl sites for hydroxylation is 1. The molecule has 3 atom stereocenters. The largest absolute Gasteiger partial charge is 0.374 e. The minimum absolute atomic E-state index is 0.188. The second-order valence-corrected chi connectivity index (χ2v) is 8.50. The third-order valence-corrected chi connectivity index (χ3v) is 6.87. The van der Waals surface area contributed by atoms with Gasteiger partial charge in [-0.1, -0.05) is 6.92 Å². The van der Waals surface area contributed by atoms with Crippen LogP contribution in [0.2, 0.25) is 0 Å². The van der Waals surface area contributed by atoms with Crippen LogP contribution in [0.5, 0.6) is 0 Å². The topological polar surface area (TPSA) is 21.3 Å². The lowest BCUT2D eigenvalue weighted by molar-refractivity contribution is -0.0851. The number of nitrogens with one attached hydrogen (secondary N) is 1. The van der Waals surface area contributed by atoms with E-state index >= 15 is 0 Å². The van der Waals surface area contributed by atoms with Gasteiger partial charge in [0.05, 0.1) is 5.60 Å². The smallest absolute Gasteiger partial charge is 0.0783 e. The van der Waals surface area contributed by atoms with E-state index in [1.807, 2.05) is 11.3 Å². The molecule has 1 N–H and O–H groups in total. The second-order valence-electron chi connectivity index (χ2n) is 6.07. The lowest BCUT2D eigenvalue weighted by atomic mass is 9.80. The molecule has 1 aromatic heterocycles. The fourth-order valence-corrected chi connectivity index (χ4v) is 5.98. The van der Waals surface area contributed by atoms with Crippen molar-refractivity contribution < 1.29 is 4.74 Å². The first kappa shape index (κ1) is 14.9. The van der Waals surface area contributed by atoms with Gasteiger partial charge in [0.25, 0.3) is 0 Å². The van der Waals surface area contributed by atoms with Gasteiger partial charge in [-0.2, -0.15) is 11.8 Å². The highest BCUT2D eigenvalue weighted by molar-refractivity contribution is 7.99. The van der Waals surface area contributed by atoms with Crippen molar-refractivity contribution in [2.24, 2.45) is 5.92 Å². The van der Waals surface area contributed by atoms with E-state index in [9.17, 15) is 0 Å². The molecule has 0 saturated carbocycles. The lowest BCUT2D eigenvalue weighted by Crippen LogP contribution is -2.43. The summed E-state index contributed by atoms with van der Waals surface area (Å²) < 4.78 is 6.18. The Bertz CT molecular complexity index is 439. The van der Waals surface area contributed by atoms with E-state index in [4.69, 9.17) is 4.74 Å². The van der Waals surface area contributed by atoms with Crippen molar-refractivity contribution in [3.05, 3.63) is 21.9 Å². The van der Waals surface area contributed by atoms with Gasteiger partial charge in [-0.25, -0.2) is 0 Å². The number of ether oxygens (including phenoxy) is 1.